The second kappa shape index (κ2) is 8.71. The van der Waals surface area contributed by atoms with Crippen LogP contribution in [0.15, 0.2) is 72.8 Å². The van der Waals surface area contributed by atoms with E-state index in [9.17, 15) is 0 Å². The molecule has 0 aliphatic rings. The van der Waals surface area contributed by atoms with Gasteiger partial charge in [0.25, 0.3) is 0 Å². The summed E-state index contributed by atoms with van der Waals surface area (Å²) in [5, 5.41) is 3.61. The van der Waals surface area contributed by atoms with E-state index in [-0.39, 0.29) is 68.9 Å². The first-order valence-corrected chi connectivity index (χ1v) is 8.37. The van der Waals surface area contributed by atoms with Crippen molar-refractivity contribution in [2.24, 2.45) is 0 Å². The zero-order chi connectivity index (χ0) is 16.4. The zero-order valence-corrected chi connectivity index (χ0v) is 13.7. The van der Waals surface area contributed by atoms with Crippen molar-refractivity contribution in [1.82, 2.24) is 4.98 Å². The molecule has 1 heterocycles. The average Bonchev–Trinajstić information content (AvgIpc) is 2.66. The number of ether oxygens (including phenoxy) is 1. The third kappa shape index (κ3) is 3.97. The Hall–Kier alpha value is -0.818. The number of rotatable bonds is 4. The summed E-state index contributed by atoms with van der Waals surface area (Å²) in [6.45, 7) is 2.86. The van der Waals surface area contributed by atoms with Crippen LogP contribution in [0, 0.1) is 0 Å². The molecule has 4 rings (SSSR count). The number of hydrogen-bond donors (Lipinski definition) is 0. The maximum atomic E-state index is 5.68. The fraction of sp³-hybridized carbons (Fsp3) is 0.136. The summed E-state index contributed by atoms with van der Waals surface area (Å²) < 4.78 is 5.68. The molecule has 0 radical (unpaired) electrons. The van der Waals surface area contributed by atoms with Gasteiger partial charge in [0.05, 0.1) is 17.8 Å². The average molecular weight is 447 g/mol. The second-order valence-electron chi connectivity index (χ2n) is 5.90. The Balaban J connectivity index is 0.00000182. The SMILES string of the molecule is CCCOc1ccc(-c2nc3ccccc3c3ccccc23)cc1.[CsH]. The minimum absolute atomic E-state index is 0. The standard InChI is InChI=1S/C22H19NO.Cs.H/c1-2-15-24-17-13-11-16(12-14-17)22-20-9-4-3-7-18(20)19-8-5-6-10-21(19)23-22;;/h3-14H,2,15H2,1H3;;. The Kier molecular flexibility index (Phi) is 6.61. The number of pyridine rings is 1. The van der Waals surface area contributed by atoms with Gasteiger partial charge in [-0.05, 0) is 42.1 Å². The van der Waals surface area contributed by atoms with Gasteiger partial charge in [-0.15, -0.1) is 0 Å². The van der Waals surface area contributed by atoms with Gasteiger partial charge in [-0.3, -0.25) is 0 Å². The van der Waals surface area contributed by atoms with Crippen molar-refractivity contribution in [2.45, 2.75) is 13.3 Å². The van der Waals surface area contributed by atoms with Crippen LogP contribution in [0.5, 0.6) is 5.75 Å². The number of aromatic nitrogens is 1. The van der Waals surface area contributed by atoms with E-state index >= 15 is 0 Å². The number of hydrogen-bond acceptors (Lipinski definition) is 2. The molecule has 0 saturated heterocycles. The molecule has 25 heavy (non-hydrogen) atoms. The molecule has 3 heteroatoms. The Morgan fingerprint density at radius 1 is 0.760 bits per heavy atom. The molecule has 0 fully saturated rings. The van der Waals surface area contributed by atoms with E-state index in [0.717, 1.165) is 35.6 Å². The summed E-state index contributed by atoms with van der Waals surface area (Å²) in [5.41, 5.74) is 3.16. The van der Waals surface area contributed by atoms with Crippen molar-refractivity contribution < 1.29 is 4.74 Å². The summed E-state index contributed by atoms with van der Waals surface area (Å²) in [6, 6.07) is 25.0. The minimum atomic E-state index is 0. The van der Waals surface area contributed by atoms with Gasteiger partial charge in [0, 0.05) is 16.3 Å². The predicted octanol–water partition coefficient (Wildman–Crippen LogP) is 5.20. The van der Waals surface area contributed by atoms with E-state index in [1.807, 2.05) is 18.2 Å². The molecule has 0 aliphatic heterocycles. The molecule has 3 aromatic carbocycles. The van der Waals surface area contributed by atoms with Crippen LogP contribution in [0.25, 0.3) is 32.9 Å². The Morgan fingerprint density at radius 2 is 1.40 bits per heavy atom. The molecule has 1 aromatic heterocycles. The first-order chi connectivity index (χ1) is 11.9. The Bertz CT molecular complexity index is 996. The molecule has 2 nitrogen and oxygen atoms in total. The summed E-state index contributed by atoms with van der Waals surface area (Å²) in [5.74, 6) is 0.908. The Morgan fingerprint density at radius 3 is 2.12 bits per heavy atom. The van der Waals surface area contributed by atoms with Gasteiger partial charge in [-0.2, -0.15) is 0 Å². The van der Waals surface area contributed by atoms with Gasteiger partial charge in [0.1, 0.15) is 5.75 Å². The number of fused-ring (bicyclic) bond motifs is 3. The summed E-state index contributed by atoms with van der Waals surface area (Å²) in [7, 11) is 0. The van der Waals surface area contributed by atoms with Crippen LogP contribution in [-0.2, 0) is 0 Å². The third-order valence-corrected chi connectivity index (χ3v) is 4.21. The number of para-hydroxylation sites is 1. The molecule has 0 bridgehead atoms. The van der Waals surface area contributed by atoms with E-state index in [0.29, 0.717) is 0 Å². The quantitative estimate of drug-likeness (QED) is 0.402. The van der Waals surface area contributed by atoms with Crippen LogP contribution in [-0.4, -0.2) is 80.5 Å². The first kappa shape index (κ1) is 19.0. The van der Waals surface area contributed by atoms with Crippen molar-refractivity contribution in [3.05, 3.63) is 72.8 Å². The van der Waals surface area contributed by atoms with Gasteiger partial charge in [0.2, 0.25) is 0 Å². The third-order valence-electron chi connectivity index (χ3n) is 4.21. The van der Waals surface area contributed by atoms with Crippen molar-refractivity contribution in [1.29, 1.82) is 0 Å². The van der Waals surface area contributed by atoms with Crippen molar-refractivity contribution in [3.63, 3.8) is 0 Å². The fourth-order valence-corrected chi connectivity index (χ4v) is 3.05. The fourth-order valence-electron chi connectivity index (χ4n) is 3.05. The second-order valence-corrected chi connectivity index (χ2v) is 5.90. The predicted molar refractivity (Wildman–Crippen MR) is 108 cm³/mol. The molecular weight excluding hydrogens is 427 g/mol. The van der Waals surface area contributed by atoms with Crippen LogP contribution in [0.1, 0.15) is 13.3 Å². The van der Waals surface area contributed by atoms with Crippen LogP contribution < -0.4 is 4.74 Å². The topological polar surface area (TPSA) is 22.1 Å². The van der Waals surface area contributed by atoms with Gasteiger partial charge >= 0.3 is 68.9 Å². The summed E-state index contributed by atoms with van der Waals surface area (Å²) in [6.07, 6.45) is 1.01. The van der Waals surface area contributed by atoms with Gasteiger partial charge in [-0.25, -0.2) is 4.98 Å². The van der Waals surface area contributed by atoms with E-state index in [1.54, 1.807) is 0 Å². The van der Waals surface area contributed by atoms with Crippen LogP contribution in [0.2, 0.25) is 0 Å². The van der Waals surface area contributed by atoms with E-state index in [2.05, 4.69) is 61.5 Å². The molecule has 0 aliphatic carbocycles. The van der Waals surface area contributed by atoms with Crippen LogP contribution in [0.3, 0.4) is 0 Å². The maximum absolute atomic E-state index is 5.68. The van der Waals surface area contributed by atoms with E-state index < -0.39 is 0 Å². The molecule has 0 atom stereocenters. The molecule has 120 valence electrons. The number of benzene rings is 3. The summed E-state index contributed by atoms with van der Waals surface area (Å²) >= 11 is 0. The molecule has 0 amide bonds. The molecule has 4 aromatic rings. The van der Waals surface area contributed by atoms with Crippen molar-refractivity contribution in [2.75, 3.05) is 6.61 Å². The van der Waals surface area contributed by atoms with E-state index in [1.165, 1.54) is 16.2 Å². The van der Waals surface area contributed by atoms with Crippen LogP contribution in [0.4, 0.5) is 0 Å². The van der Waals surface area contributed by atoms with Crippen LogP contribution >= 0.6 is 0 Å². The monoisotopic (exact) mass is 447 g/mol. The van der Waals surface area contributed by atoms with Crippen molar-refractivity contribution in [3.8, 4) is 17.0 Å². The zero-order valence-electron chi connectivity index (χ0n) is 13.7. The molecular formula is C22H20CsNO. The number of nitrogens with zero attached hydrogens (tertiary/aromatic N) is 1. The van der Waals surface area contributed by atoms with Gasteiger partial charge in [-0.1, -0.05) is 49.4 Å². The van der Waals surface area contributed by atoms with Gasteiger partial charge in [0.15, 0.2) is 0 Å². The van der Waals surface area contributed by atoms with E-state index in [4.69, 9.17) is 9.72 Å². The molecule has 0 spiro atoms. The molecule has 0 saturated carbocycles. The Labute approximate surface area is 207 Å². The summed E-state index contributed by atoms with van der Waals surface area (Å²) in [4.78, 5) is 4.92. The van der Waals surface area contributed by atoms with Crippen molar-refractivity contribution >= 4 is 90.6 Å². The molecule has 0 unspecified atom stereocenters. The first-order valence-electron chi connectivity index (χ1n) is 8.37. The molecule has 0 N–H and O–H groups in total. The van der Waals surface area contributed by atoms with Gasteiger partial charge < -0.3 is 4.74 Å². The normalized spacial score (nSPS) is 10.6.